The topological polar surface area (TPSA) is 112 Å². The second-order valence-corrected chi connectivity index (χ2v) is 3.16. The standard InChI is InChI=1S/C10H15N5/c11-8-4-2-1-3-7(8)9(12)5-6-15-10(13)14/h1-4,12H,5-6,11H2,(H4,13,14,15). The van der Waals surface area contributed by atoms with Gasteiger partial charge in [-0.2, -0.15) is 0 Å². The molecule has 5 heteroatoms. The van der Waals surface area contributed by atoms with Gasteiger partial charge in [-0.05, 0) is 6.07 Å². The third-order valence-electron chi connectivity index (χ3n) is 1.98. The second kappa shape index (κ2) is 4.99. The van der Waals surface area contributed by atoms with Crippen molar-refractivity contribution in [2.45, 2.75) is 6.42 Å². The molecule has 0 bridgehead atoms. The summed E-state index contributed by atoms with van der Waals surface area (Å²) in [6.07, 6.45) is 0.494. The van der Waals surface area contributed by atoms with Crippen molar-refractivity contribution in [2.24, 2.45) is 5.73 Å². The van der Waals surface area contributed by atoms with Crippen molar-refractivity contribution < 1.29 is 0 Å². The zero-order valence-electron chi connectivity index (χ0n) is 8.38. The van der Waals surface area contributed by atoms with Crippen molar-refractivity contribution in [1.82, 2.24) is 5.32 Å². The number of guanidine groups is 1. The number of nitrogens with one attached hydrogen (secondary N) is 3. The van der Waals surface area contributed by atoms with Crippen molar-refractivity contribution >= 4 is 17.4 Å². The van der Waals surface area contributed by atoms with E-state index in [-0.39, 0.29) is 5.96 Å². The number of anilines is 1. The van der Waals surface area contributed by atoms with E-state index >= 15 is 0 Å². The molecule has 0 saturated carbocycles. The van der Waals surface area contributed by atoms with E-state index in [2.05, 4.69) is 5.32 Å². The van der Waals surface area contributed by atoms with Gasteiger partial charge in [-0.3, -0.25) is 5.41 Å². The van der Waals surface area contributed by atoms with Crippen molar-refractivity contribution in [3.05, 3.63) is 29.8 Å². The summed E-state index contributed by atoms with van der Waals surface area (Å²) in [5.41, 5.74) is 12.6. The summed E-state index contributed by atoms with van der Waals surface area (Å²) in [6, 6.07) is 7.26. The summed E-state index contributed by atoms with van der Waals surface area (Å²) < 4.78 is 0. The number of nitrogens with two attached hydrogens (primary N) is 2. The monoisotopic (exact) mass is 205 g/mol. The molecule has 7 N–H and O–H groups in total. The van der Waals surface area contributed by atoms with Crippen LogP contribution in [0.2, 0.25) is 0 Å². The minimum absolute atomic E-state index is 0.0798. The third kappa shape index (κ3) is 3.30. The average molecular weight is 205 g/mol. The molecule has 0 aliphatic carbocycles. The van der Waals surface area contributed by atoms with Gasteiger partial charge in [0.25, 0.3) is 0 Å². The predicted molar refractivity (Wildman–Crippen MR) is 62.2 cm³/mol. The molecule has 1 aromatic rings. The molecule has 15 heavy (non-hydrogen) atoms. The van der Waals surface area contributed by atoms with E-state index in [4.69, 9.17) is 22.3 Å². The fourth-order valence-corrected chi connectivity index (χ4v) is 1.23. The lowest BCUT2D eigenvalue weighted by Gasteiger charge is -2.07. The third-order valence-corrected chi connectivity index (χ3v) is 1.98. The highest BCUT2D eigenvalue weighted by molar-refractivity contribution is 6.02. The van der Waals surface area contributed by atoms with E-state index in [0.717, 1.165) is 5.56 Å². The first-order valence-electron chi connectivity index (χ1n) is 4.61. The number of nitrogen functional groups attached to an aromatic ring is 1. The molecule has 0 fully saturated rings. The lowest BCUT2D eigenvalue weighted by Crippen LogP contribution is -2.32. The average Bonchev–Trinajstić information content (AvgIpc) is 2.17. The number of hydrogen-bond donors (Lipinski definition) is 5. The zero-order valence-corrected chi connectivity index (χ0v) is 8.38. The summed E-state index contributed by atoms with van der Waals surface area (Å²) in [5.74, 6) is -0.0798. The van der Waals surface area contributed by atoms with Gasteiger partial charge in [0, 0.05) is 29.9 Å². The van der Waals surface area contributed by atoms with Crippen LogP contribution in [-0.2, 0) is 0 Å². The molecule has 1 aromatic carbocycles. The minimum Gasteiger partial charge on any atom is -0.398 e. The lowest BCUT2D eigenvalue weighted by atomic mass is 10.1. The number of benzene rings is 1. The second-order valence-electron chi connectivity index (χ2n) is 3.16. The number of rotatable bonds is 4. The zero-order chi connectivity index (χ0) is 11.3. The van der Waals surface area contributed by atoms with Gasteiger partial charge in [-0.25, -0.2) is 0 Å². The number of para-hydroxylation sites is 1. The van der Waals surface area contributed by atoms with E-state index in [1.807, 2.05) is 18.2 Å². The SMILES string of the molecule is N=C(N)NCCC(=N)c1ccccc1N. The molecule has 0 atom stereocenters. The highest BCUT2D eigenvalue weighted by atomic mass is 15.0. The lowest BCUT2D eigenvalue weighted by molar-refractivity contribution is 0.893. The van der Waals surface area contributed by atoms with Crippen LogP contribution in [0.1, 0.15) is 12.0 Å². The number of hydrogen-bond acceptors (Lipinski definition) is 3. The van der Waals surface area contributed by atoms with Gasteiger partial charge in [0.2, 0.25) is 0 Å². The molecule has 0 radical (unpaired) electrons. The Kier molecular flexibility index (Phi) is 3.68. The minimum atomic E-state index is -0.0798. The quantitative estimate of drug-likeness (QED) is 0.280. The maximum atomic E-state index is 7.78. The molecule has 0 saturated heterocycles. The first kappa shape index (κ1) is 11.0. The maximum Gasteiger partial charge on any atom is 0.185 e. The van der Waals surface area contributed by atoms with Crippen molar-refractivity contribution in [1.29, 1.82) is 10.8 Å². The molecule has 0 unspecified atom stereocenters. The van der Waals surface area contributed by atoms with Crippen LogP contribution < -0.4 is 16.8 Å². The molecule has 80 valence electrons. The smallest absolute Gasteiger partial charge is 0.185 e. The Bertz CT molecular complexity index is 372. The fourth-order valence-electron chi connectivity index (χ4n) is 1.23. The highest BCUT2D eigenvalue weighted by Gasteiger charge is 2.04. The predicted octanol–water partition coefficient (Wildman–Crippen LogP) is 0.510. The normalized spacial score (nSPS) is 9.60. The van der Waals surface area contributed by atoms with Gasteiger partial charge in [0.15, 0.2) is 5.96 Å². The summed E-state index contributed by atoms with van der Waals surface area (Å²) in [7, 11) is 0. The summed E-state index contributed by atoms with van der Waals surface area (Å²) in [5, 5.41) is 17.4. The molecule has 0 aliphatic rings. The van der Waals surface area contributed by atoms with Crippen LogP contribution in [0, 0.1) is 10.8 Å². The van der Waals surface area contributed by atoms with Gasteiger partial charge in [0.1, 0.15) is 0 Å². The molecule has 0 heterocycles. The van der Waals surface area contributed by atoms with E-state index in [0.29, 0.717) is 24.4 Å². The molecule has 1 rings (SSSR count). The Labute approximate surface area is 88.5 Å². The van der Waals surface area contributed by atoms with Crippen LogP contribution in [0.3, 0.4) is 0 Å². The van der Waals surface area contributed by atoms with Gasteiger partial charge in [-0.1, -0.05) is 18.2 Å². The van der Waals surface area contributed by atoms with E-state index < -0.39 is 0 Å². The Balaban J connectivity index is 2.54. The summed E-state index contributed by atoms with van der Waals surface area (Å²) in [4.78, 5) is 0. The molecular formula is C10H15N5. The van der Waals surface area contributed by atoms with Crippen LogP contribution in [-0.4, -0.2) is 18.2 Å². The van der Waals surface area contributed by atoms with Gasteiger partial charge < -0.3 is 22.2 Å². The van der Waals surface area contributed by atoms with E-state index in [9.17, 15) is 0 Å². The van der Waals surface area contributed by atoms with Crippen LogP contribution in [0.15, 0.2) is 24.3 Å². The van der Waals surface area contributed by atoms with Crippen molar-refractivity contribution in [3.8, 4) is 0 Å². The Hall–Kier alpha value is -2.04. The highest BCUT2D eigenvalue weighted by Crippen LogP contribution is 2.12. The first-order valence-corrected chi connectivity index (χ1v) is 4.61. The Morgan fingerprint density at radius 3 is 2.53 bits per heavy atom. The molecule has 0 spiro atoms. The van der Waals surface area contributed by atoms with Gasteiger partial charge in [0.05, 0.1) is 0 Å². The first-order chi connectivity index (χ1) is 7.11. The molecule has 0 aromatic heterocycles. The largest absolute Gasteiger partial charge is 0.398 e. The molecule has 5 nitrogen and oxygen atoms in total. The Morgan fingerprint density at radius 1 is 1.27 bits per heavy atom. The molecule has 0 amide bonds. The Morgan fingerprint density at radius 2 is 1.93 bits per heavy atom. The summed E-state index contributed by atoms with van der Waals surface area (Å²) in [6.45, 7) is 0.475. The maximum absolute atomic E-state index is 7.78. The van der Waals surface area contributed by atoms with Crippen molar-refractivity contribution in [2.75, 3.05) is 12.3 Å². The van der Waals surface area contributed by atoms with E-state index in [1.165, 1.54) is 0 Å². The van der Waals surface area contributed by atoms with Crippen LogP contribution >= 0.6 is 0 Å². The van der Waals surface area contributed by atoms with Crippen LogP contribution in [0.4, 0.5) is 5.69 Å². The van der Waals surface area contributed by atoms with Crippen molar-refractivity contribution in [3.63, 3.8) is 0 Å². The van der Waals surface area contributed by atoms with Gasteiger partial charge >= 0.3 is 0 Å². The van der Waals surface area contributed by atoms with E-state index in [1.54, 1.807) is 6.07 Å². The molecule has 0 aliphatic heterocycles. The van der Waals surface area contributed by atoms with Crippen LogP contribution in [0.5, 0.6) is 0 Å². The van der Waals surface area contributed by atoms with Gasteiger partial charge in [-0.15, -0.1) is 0 Å². The fraction of sp³-hybridized carbons (Fsp3) is 0.200. The van der Waals surface area contributed by atoms with Crippen LogP contribution in [0.25, 0.3) is 0 Å². The molecular weight excluding hydrogens is 190 g/mol. The summed E-state index contributed by atoms with van der Waals surface area (Å²) >= 11 is 0.